The van der Waals surface area contributed by atoms with Crippen LogP contribution in [0.25, 0.3) is 0 Å². The van der Waals surface area contributed by atoms with Gasteiger partial charge in [-0.25, -0.2) is 0 Å². The fraction of sp³-hybridized carbons (Fsp3) is 0.500. The standard InChI is InChI=1S/C14H22N4O/c1-10-8-12(4-5-13(10)14(15)16-19)18-7-6-17(3)11(2)9-18/h4-5,8,11,19H,6-7,9H2,1-3H3,(H2,15,16). The summed E-state index contributed by atoms with van der Waals surface area (Å²) >= 11 is 0. The van der Waals surface area contributed by atoms with Crippen LogP contribution in [0.1, 0.15) is 18.1 Å². The van der Waals surface area contributed by atoms with Gasteiger partial charge in [-0.2, -0.15) is 0 Å². The van der Waals surface area contributed by atoms with Crippen molar-refractivity contribution in [3.63, 3.8) is 0 Å². The van der Waals surface area contributed by atoms with E-state index in [1.54, 1.807) is 0 Å². The van der Waals surface area contributed by atoms with Crippen LogP contribution in [0.5, 0.6) is 0 Å². The fourth-order valence-electron chi connectivity index (χ4n) is 2.47. The largest absolute Gasteiger partial charge is 0.409 e. The van der Waals surface area contributed by atoms with Crippen LogP contribution in [-0.2, 0) is 0 Å². The Hall–Kier alpha value is -1.75. The summed E-state index contributed by atoms with van der Waals surface area (Å²) in [4.78, 5) is 4.75. The van der Waals surface area contributed by atoms with E-state index in [9.17, 15) is 0 Å². The molecule has 0 bridgehead atoms. The maximum atomic E-state index is 8.74. The number of benzene rings is 1. The number of anilines is 1. The highest BCUT2D eigenvalue weighted by molar-refractivity contribution is 5.98. The third-order valence-corrected chi connectivity index (χ3v) is 3.92. The molecule has 1 fully saturated rings. The Morgan fingerprint density at radius 2 is 2.16 bits per heavy atom. The van der Waals surface area contributed by atoms with Crippen LogP contribution in [0.15, 0.2) is 23.4 Å². The van der Waals surface area contributed by atoms with Gasteiger partial charge in [-0.1, -0.05) is 5.16 Å². The van der Waals surface area contributed by atoms with Crippen molar-refractivity contribution >= 4 is 11.5 Å². The van der Waals surface area contributed by atoms with Crippen LogP contribution in [0.2, 0.25) is 0 Å². The summed E-state index contributed by atoms with van der Waals surface area (Å²) < 4.78 is 0. The Morgan fingerprint density at radius 1 is 1.42 bits per heavy atom. The molecule has 0 amide bonds. The van der Waals surface area contributed by atoms with Crippen molar-refractivity contribution in [2.45, 2.75) is 19.9 Å². The number of nitrogens with two attached hydrogens (primary N) is 1. The topological polar surface area (TPSA) is 65.1 Å². The van der Waals surface area contributed by atoms with E-state index in [1.807, 2.05) is 19.1 Å². The number of rotatable bonds is 2. The summed E-state index contributed by atoms with van der Waals surface area (Å²) in [5.74, 6) is 0.163. The molecular weight excluding hydrogens is 240 g/mol. The second-order valence-electron chi connectivity index (χ2n) is 5.26. The van der Waals surface area contributed by atoms with E-state index in [4.69, 9.17) is 10.9 Å². The van der Waals surface area contributed by atoms with Gasteiger partial charge in [0.1, 0.15) is 0 Å². The van der Waals surface area contributed by atoms with Gasteiger partial charge in [0.05, 0.1) is 0 Å². The lowest BCUT2D eigenvalue weighted by atomic mass is 10.1. The zero-order chi connectivity index (χ0) is 14.0. The monoisotopic (exact) mass is 262 g/mol. The second-order valence-corrected chi connectivity index (χ2v) is 5.26. The summed E-state index contributed by atoms with van der Waals surface area (Å²) in [6.45, 7) is 7.35. The minimum Gasteiger partial charge on any atom is -0.409 e. The lowest BCUT2D eigenvalue weighted by Gasteiger charge is -2.39. The van der Waals surface area contributed by atoms with Gasteiger partial charge in [-0.05, 0) is 44.7 Å². The van der Waals surface area contributed by atoms with Crippen LogP contribution < -0.4 is 10.6 Å². The average molecular weight is 262 g/mol. The maximum Gasteiger partial charge on any atom is 0.170 e. The molecule has 5 nitrogen and oxygen atoms in total. The van der Waals surface area contributed by atoms with E-state index in [0.717, 1.165) is 30.8 Å². The van der Waals surface area contributed by atoms with Crippen molar-refractivity contribution in [2.24, 2.45) is 10.9 Å². The number of oxime groups is 1. The molecule has 0 saturated carbocycles. The number of piperazine rings is 1. The quantitative estimate of drug-likeness (QED) is 0.364. The van der Waals surface area contributed by atoms with Gasteiger partial charge in [-0.3, -0.25) is 0 Å². The smallest absolute Gasteiger partial charge is 0.170 e. The predicted octanol–water partition coefficient (Wildman–Crippen LogP) is 1.23. The highest BCUT2D eigenvalue weighted by Gasteiger charge is 2.21. The van der Waals surface area contributed by atoms with E-state index in [0.29, 0.717) is 6.04 Å². The number of hydrogen-bond acceptors (Lipinski definition) is 4. The van der Waals surface area contributed by atoms with Crippen molar-refractivity contribution in [3.05, 3.63) is 29.3 Å². The van der Waals surface area contributed by atoms with E-state index >= 15 is 0 Å². The number of likely N-dealkylation sites (N-methyl/N-ethyl adjacent to an activating group) is 1. The molecule has 0 aliphatic carbocycles. The van der Waals surface area contributed by atoms with E-state index < -0.39 is 0 Å². The number of amidine groups is 1. The molecule has 104 valence electrons. The molecule has 1 heterocycles. The average Bonchev–Trinajstić information content (AvgIpc) is 2.41. The Bertz CT molecular complexity index is 486. The van der Waals surface area contributed by atoms with Crippen molar-refractivity contribution in [3.8, 4) is 0 Å². The first-order chi connectivity index (χ1) is 9.02. The summed E-state index contributed by atoms with van der Waals surface area (Å²) in [5, 5.41) is 11.8. The molecule has 19 heavy (non-hydrogen) atoms. The van der Waals surface area contributed by atoms with Crippen molar-refractivity contribution < 1.29 is 5.21 Å². The molecule has 0 radical (unpaired) electrons. The molecule has 3 N–H and O–H groups in total. The molecule has 2 rings (SSSR count). The van der Waals surface area contributed by atoms with E-state index in [1.165, 1.54) is 5.69 Å². The second kappa shape index (κ2) is 5.48. The Balaban J connectivity index is 2.21. The molecule has 1 unspecified atom stereocenters. The van der Waals surface area contributed by atoms with Crippen molar-refractivity contribution in [1.82, 2.24) is 4.90 Å². The zero-order valence-corrected chi connectivity index (χ0v) is 11.8. The molecule has 1 aromatic rings. The van der Waals surface area contributed by atoms with Gasteiger partial charge in [0.2, 0.25) is 0 Å². The van der Waals surface area contributed by atoms with Gasteiger partial charge in [-0.15, -0.1) is 0 Å². The maximum absolute atomic E-state index is 8.74. The summed E-state index contributed by atoms with van der Waals surface area (Å²) in [7, 11) is 2.16. The molecule has 0 aromatic heterocycles. The first-order valence-electron chi connectivity index (χ1n) is 6.56. The van der Waals surface area contributed by atoms with Crippen LogP contribution >= 0.6 is 0 Å². The van der Waals surface area contributed by atoms with Gasteiger partial charge in [0.15, 0.2) is 5.84 Å². The van der Waals surface area contributed by atoms with Crippen LogP contribution in [0.3, 0.4) is 0 Å². The number of aryl methyl sites for hydroxylation is 1. The van der Waals surface area contributed by atoms with Crippen molar-refractivity contribution in [2.75, 3.05) is 31.6 Å². The fourth-order valence-corrected chi connectivity index (χ4v) is 2.47. The lowest BCUT2D eigenvalue weighted by Crippen LogP contribution is -2.50. The molecule has 1 aromatic carbocycles. The Kier molecular flexibility index (Phi) is 3.95. The zero-order valence-electron chi connectivity index (χ0n) is 11.8. The van der Waals surface area contributed by atoms with Crippen LogP contribution in [0, 0.1) is 6.92 Å². The third kappa shape index (κ3) is 2.81. The van der Waals surface area contributed by atoms with E-state index in [2.05, 4.69) is 35.0 Å². The predicted molar refractivity (Wildman–Crippen MR) is 78.0 cm³/mol. The highest BCUT2D eigenvalue weighted by Crippen LogP contribution is 2.22. The van der Waals surface area contributed by atoms with E-state index in [-0.39, 0.29) is 5.84 Å². The normalized spacial score (nSPS) is 21.7. The summed E-state index contributed by atoms with van der Waals surface area (Å²) in [6, 6.07) is 6.62. The molecule has 0 spiro atoms. The number of nitrogens with zero attached hydrogens (tertiary/aromatic N) is 3. The highest BCUT2D eigenvalue weighted by atomic mass is 16.4. The van der Waals surface area contributed by atoms with Gasteiger partial charge in [0, 0.05) is 36.9 Å². The van der Waals surface area contributed by atoms with Crippen LogP contribution in [0.4, 0.5) is 5.69 Å². The number of hydrogen-bond donors (Lipinski definition) is 2. The minimum atomic E-state index is 0.163. The third-order valence-electron chi connectivity index (χ3n) is 3.92. The summed E-state index contributed by atoms with van der Waals surface area (Å²) in [6.07, 6.45) is 0. The molecular formula is C14H22N4O. The SMILES string of the molecule is Cc1cc(N2CCN(C)C(C)C2)ccc1/C(N)=N/O. The molecule has 1 saturated heterocycles. The molecule has 1 atom stereocenters. The minimum absolute atomic E-state index is 0.163. The van der Waals surface area contributed by atoms with Crippen LogP contribution in [-0.4, -0.2) is 48.7 Å². The van der Waals surface area contributed by atoms with Gasteiger partial charge < -0.3 is 20.7 Å². The van der Waals surface area contributed by atoms with Gasteiger partial charge >= 0.3 is 0 Å². The van der Waals surface area contributed by atoms with Crippen molar-refractivity contribution in [1.29, 1.82) is 0 Å². The first-order valence-corrected chi connectivity index (χ1v) is 6.56. The molecule has 5 heteroatoms. The molecule has 1 aliphatic rings. The first kappa shape index (κ1) is 13.7. The van der Waals surface area contributed by atoms with Gasteiger partial charge in [0.25, 0.3) is 0 Å². The lowest BCUT2D eigenvalue weighted by molar-refractivity contribution is 0.234. The Morgan fingerprint density at radius 3 is 2.74 bits per heavy atom. The Labute approximate surface area is 114 Å². The molecule has 1 aliphatic heterocycles. The summed E-state index contributed by atoms with van der Waals surface area (Å²) in [5.41, 5.74) is 8.66.